The molecule has 0 bridgehead atoms. The molecule has 1 amide bonds. The lowest BCUT2D eigenvalue weighted by molar-refractivity contribution is -0.121. The number of carbonyl (C=O) groups is 1. The molecular formula is C18H19ClN2O. The van der Waals surface area contributed by atoms with Gasteiger partial charge < -0.3 is 0 Å². The number of carbonyl (C=O) groups excluding carboxylic acids is 1. The number of amides is 1. The summed E-state index contributed by atoms with van der Waals surface area (Å²) in [5.41, 5.74) is 5.54. The number of halogens is 1. The molecular weight excluding hydrogens is 296 g/mol. The molecule has 22 heavy (non-hydrogen) atoms. The van der Waals surface area contributed by atoms with Crippen molar-refractivity contribution in [2.24, 2.45) is 5.10 Å². The number of hydrogen-bond acceptors (Lipinski definition) is 2. The first kappa shape index (κ1) is 16.2. The molecule has 0 fully saturated rings. The molecule has 3 nitrogen and oxygen atoms in total. The van der Waals surface area contributed by atoms with E-state index in [2.05, 4.69) is 22.7 Å². The third-order valence-electron chi connectivity index (χ3n) is 3.32. The van der Waals surface area contributed by atoms with Gasteiger partial charge in [0, 0.05) is 11.4 Å². The maximum Gasteiger partial charge on any atom is 0.240 e. The predicted molar refractivity (Wildman–Crippen MR) is 91.2 cm³/mol. The molecule has 0 aromatic heterocycles. The molecule has 0 atom stereocenters. The van der Waals surface area contributed by atoms with E-state index < -0.39 is 0 Å². The molecule has 0 saturated carbocycles. The van der Waals surface area contributed by atoms with Crippen LogP contribution in [0.15, 0.2) is 59.7 Å². The zero-order valence-electron chi connectivity index (χ0n) is 12.6. The van der Waals surface area contributed by atoms with E-state index in [9.17, 15) is 4.79 Å². The third-order valence-corrected chi connectivity index (χ3v) is 3.57. The topological polar surface area (TPSA) is 41.5 Å². The normalized spacial score (nSPS) is 11.3. The summed E-state index contributed by atoms with van der Waals surface area (Å²) in [6.07, 6.45) is 2.17. The van der Waals surface area contributed by atoms with Crippen LogP contribution in [0.5, 0.6) is 0 Å². The second-order valence-electron chi connectivity index (χ2n) is 5.08. The lowest BCUT2D eigenvalue weighted by Crippen LogP contribution is -2.19. The van der Waals surface area contributed by atoms with Crippen LogP contribution >= 0.6 is 11.6 Å². The molecule has 1 N–H and O–H groups in total. The van der Waals surface area contributed by atoms with Crippen LogP contribution in [0.1, 0.15) is 30.9 Å². The largest absolute Gasteiger partial charge is 0.273 e. The molecule has 2 aromatic rings. The quantitative estimate of drug-likeness (QED) is 0.630. The first-order valence-corrected chi connectivity index (χ1v) is 7.66. The highest BCUT2D eigenvalue weighted by Gasteiger charge is 2.02. The van der Waals surface area contributed by atoms with Crippen LogP contribution in [0.25, 0.3) is 0 Å². The molecule has 0 radical (unpaired) electrons. The Hall–Kier alpha value is -2.13. The first-order valence-electron chi connectivity index (χ1n) is 7.28. The SMILES string of the molecule is C/C(=N/NC(=O)CCCc1ccccc1)c1ccc(Cl)cc1. The van der Waals surface area contributed by atoms with Gasteiger partial charge in [-0.15, -0.1) is 0 Å². The number of nitrogens with zero attached hydrogens (tertiary/aromatic N) is 1. The lowest BCUT2D eigenvalue weighted by atomic mass is 10.1. The summed E-state index contributed by atoms with van der Waals surface area (Å²) in [5.74, 6) is -0.0655. The Morgan fingerprint density at radius 3 is 2.45 bits per heavy atom. The van der Waals surface area contributed by atoms with Gasteiger partial charge in [0.1, 0.15) is 0 Å². The van der Waals surface area contributed by atoms with Crippen LogP contribution in [0, 0.1) is 0 Å². The van der Waals surface area contributed by atoms with Crippen LogP contribution in [0.2, 0.25) is 5.02 Å². The average Bonchev–Trinajstić information content (AvgIpc) is 2.54. The maximum absolute atomic E-state index is 11.8. The number of benzene rings is 2. The Balaban J connectivity index is 1.77. The van der Waals surface area contributed by atoms with Crippen molar-refractivity contribution in [3.05, 3.63) is 70.7 Å². The summed E-state index contributed by atoms with van der Waals surface area (Å²) in [4.78, 5) is 11.8. The molecule has 4 heteroatoms. The van der Waals surface area contributed by atoms with Gasteiger partial charge >= 0.3 is 0 Å². The van der Waals surface area contributed by atoms with E-state index in [1.165, 1.54) is 5.56 Å². The van der Waals surface area contributed by atoms with Gasteiger partial charge in [0.2, 0.25) is 5.91 Å². The summed E-state index contributed by atoms with van der Waals surface area (Å²) in [6.45, 7) is 1.85. The molecule has 0 aliphatic rings. The van der Waals surface area contributed by atoms with Crippen molar-refractivity contribution in [3.8, 4) is 0 Å². The standard InChI is InChI=1S/C18H19ClN2O/c1-14(16-10-12-17(19)13-11-16)20-21-18(22)9-5-8-15-6-3-2-4-7-15/h2-4,6-7,10-13H,5,8-9H2,1H3,(H,21,22)/b20-14-. The van der Waals surface area contributed by atoms with Crippen molar-refractivity contribution in [1.29, 1.82) is 0 Å². The number of aryl methyl sites for hydroxylation is 1. The summed E-state index contributed by atoms with van der Waals surface area (Å²) in [6, 6.07) is 17.5. The number of hydrogen-bond donors (Lipinski definition) is 1. The van der Waals surface area contributed by atoms with Crippen LogP contribution in [-0.2, 0) is 11.2 Å². The second kappa shape index (κ2) is 8.35. The maximum atomic E-state index is 11.8. The van der Waals surface area contributed by atoms with Crippen molar-refractivity contribution in [1.82, 2.24) is 5.43 Å². The number of nitrogens with one attached hydrogen (secondary N) is 1. The highest BCUT2D eigenvalue weighted by molar-refractivity contribution is 6.30. The Morgan fingerprint density at radius 2 is 1.77 bits per heavy atom. The van der Waals surface area contributed by atoms with Gasteiger partial charge in [0.15, 0.2) is 0 Å². The van der Waals surface area contributed by atoms with Gasteiger partial charge in [0.05, 0.1) is 5.71 Å². The Kier molecular flexibility index (Phi) is 6.16. The Bertz CT molecular complexity index is 636. The van der Waals surface area contributed by atoms with Crippen LogP contribution in [0.4, 0.5) is 0 Å². The van der Waals surface area contributed by atoms with E-state index in [4.69, 9.17) is 11.6 Å². The molecule has 0 heterocycles. The van der Waals surface area contributed by atoms with Gasteiger partial charge in [-0.25, -0.2) is 5.43 Å². The fraction of sp³-hybridized carbons (Fsp3) is 0.222. The van der Waals surface area contributed by atoms with E-state index in [0.717, 1.165) is 24.1 Å². The van der Waals surface area contributed by atoms with E-state index >= 15 is 0 Å². The minimum absolute atomic E-state index is 0.0655. The minimum Gasteiger partial charge on any atom is -0.273 e. The predicted octanol–water partition coefficient (Wildman–Crippen LogP) is 4.20. The van der Waals surface area contributed by atoms with E-state index in [1.54, 1.807) is 12.1 Å². The summed E-state index contributed by atoms with van der Waals surface area (Å²) < 4.78 is 0. The van der Waals surface area contributed by atoms with E-state index in [0.29, 0.717) is 11.4 Å². The minimum atomic E-state index is -0.0655. The van der Waals surface area contributed by atoms with Crippen molar-refractivity contribution >= 4 is 23.2 Å². The van der Waals surface area contributed by atoms with E-state index in [1.807, 2.05) is 37.3 Å². The highest BCUT2D eigenvalue weighted by Crippen LogP contribution is 2.10. The van der Waals surface area contributed by atoms with Crippen molar-refractivity contribution in [2.75, 3.05) is 0 Å². The molecule has 114 valence electrons. The Labute approximate surface area is 136 Å². The number of rotatable bonds is 6. The molecule has 0 unspecified atom stereocenters. The molecule has 0 aliphatic heterocycles. The van der Waals surface area contributed by atoms with Crippen molar-refractivity contribution in [3.63, 3.8) is 0 Å². The molecule has 2 aromatic carbocycles. The van der Waals surface area contributed by atoms with Crippen molar-refractivity contribution < 1.29 is 4.79 Å². The van der Waals surface area contributed by atoms with Gasteiger partial charge in [-0.05, 0) is 43.0 Å². The van der Waals surface area contributed by atoms with Gasteiger partial charge in [-0.2, -0.15) is 5.10 Å². The molecule has 0 spiro atoms. The van der Waals surface area contributed by atoms with Crippen LogP contribution in [-0.4, -0.2) is 11.6 Å². The van der Waals surface area contributed by atoms with E-state index in [-0.39, 0.29) is 5.91 Å². The smallest absolute Gasteiger partial charge is 0.240 e. The molecule has 0 saturated heterocycles. The van der Waals surface area contributed by atoms with Gasteiger partial charge in [-0.1, -0.05) is 54.1 Å². The fourth-order valence-electron chi connectivity index (χ4n) is 2.06. The Morgan fingerprint density at radius 1 is 1.09 bits per heavy atom. The number of hydrazone groups is 1. The average molecular weight is 315 g/mol. The molecule has 2 rings (SSSR count). The van der Waals surface area contributed by atoms with Crippen LogP contribution < -0.4 is 5.43 Å². The van der Waals surface area contributed by atoms with Crippen molar-refractivity contribution in [2.45, 2.75) is 26.2 Å². The highest BCUT2D eigenvalue weighted by atomic mass is 35.5. The second-order valence-corrected chi connectivity index (χ2v) is 5.51. The monoisotopic (exact) mass is 314 g/mol. The summed E-state index contributed by atoms with van der Waals surface area (Å²) in [5, 5.41) is 4.81. The first-order chi connectivity index (χ1) is 10.6. The third kappa shape index (κ3) is 5.34. The zero-order chi connectivity index (χ0) is 15.8. The lowest BCUT2D eigenvalue weighted by Gasteiger charge is -2.04. The fourth-order valence-corrected chi connectivity index (χ4v) is 2.18. The van der Waals surface area contributed by atoms with Gasteiger partial charge in [-0.3, -0.25) is 4.79 Å². The summed E-state index contributed by atoms with van der Waals surface area (Å²) >= 11 is 5.84. The molecule has 0 aliphatic carbocycles. The van der Waals surface area contributed by atoms with Crippen LogP contribution in [0.3, 0.4) is 0 Å². The summed E-state index contributed by atoms with van der Waals surface area (Å²) in [7, 11) is 0. The van der Waals surface area contributed by atoms with Gasteiger partial charge in [0.25, 0.3) is 0 Å². The zero-order valence-corrected chi connectivity index (χ0v) is 13.3.